The Morgan fingerprint density at radius 3 is 3.14 bits per heavy atom. The van der Waals surface area contributed by atoms with Crippen LogP contribution in [0.15, 0.2) is 42.6 Å². The van der Waals surface area contributed by atoms with Crippen LogP contribution in [0, 0.1) is 5.92 Å². The van der Waals surface area contributed by atoms with Crippen molar-refractivity contribution in [2.75, 3.05) is 6.54 Å². The van der Waals surface area contributed by atoms with Gasteiger partial charge in [0.25, 0.3) is 5.91 Å². The molecule has 0 radical (unpaired) electrons. The van der Waals surface area contributed by atoms with E-state index in [0.29, 0.717) is 24.4 Å². The molecule has 1 amide bonds. The number of nitrogens with zero attached hydrogens (tertiary/aromatic N) is 3. The van der Waals surface area contributed by atoms with Gasteiger partial charge in [-0.05, 0) is 61.1 Å². The second-order valence-corrected chi connectivity index (χ2v) is 7.74. The number of benzene rings is 1. The van der Waals surface area contributed by atoms with Gasteiger partial charge < -0.3 is 10.3 Å². The number of nitrogens with one attached hydrogen (secondary N) is 2. The molecule has 1 aliphatic rings. The summed E-state index contributed by atoms with van der Waals surface area (Å²) in [7, 11) is 0. The molecule has 0 spiro atoms. The zero-order chi connectivity index (χ0) is 19.1. The van der Waals surface area contributed by atoms with E-state index in [-0.39, 0.29) is 5.91 Å². The average Bonchev–Trinajstić information content (AvgIpc) is 3.29. The highest BCUT2D eigenvalue weighted by Gasteiger charge is 2.20. The van der Waals surface area contributed by atoms with Crippen LogP contribution >= 0.6 is 0 Å². The van der Waals surface area contributed by atoms with Crippen molar-refractivity contribution in [2.45, 2.75) is 32.6 Å². The van der Waals surface area contributed by atoms with Crippen molar-refractivity contribution in [1.82, 2.24) is 24.9 Å². The number of amides is 1. The molecule has 1 aromatic carbocycles. The van der Waals surface area contributed by atoms with Gasteiger partial charge in [-0.2, -0.15) is 0 Å². The third-order valence-electron chi connectivity index (χ3n) is 5.71. The smallest absolute Gasteiger partial charge is 0.251 e. The standard InChI is InChI=1S/C22H23N5O/c1-14-5-7-18-16(12-14)17-13-15(6-8-19(17)24-18)22(28)23-10-9-21-26-25-20-4-2-3-11-27(20)21/h2-4,6,8,11,13-14,24H,5,7,9-10,12H2,1H3,(H,23,28). The van der Waals surface area contributed by atoms with Crippen LogP contribution in [0.5, 0.6) is 0 Å². The van der Waals surface area contributed by atoms with Crippen molar-refractivity contribution >= 4 is 22.5 Å². The molecule has 142 valence electrons. The summed E-state index contributed by atoms with van der Waals surface area (Å²) in [6.07, 6.45) is 5.98. The van der Waals surface area contributed by atoms with Gasteiger partial charge in [-0.15, -0.1) is 10.2 Å². The molecule has 4 aromatic rings. The molecule has 0 bridgehead atoms. The molecule has 5 rings (SSSR count). The summed E-state index contributed by atoms with van der Waals surface area (Å²) in [5, 5.41) is 12.6. The molecule has 3 heterocycles. The zero-order valence-electron chi connectivity index (χ0n) is 15.9. The van der Waals surface area contributed by atoms with Gasteiger partial charge in [0, 0.05) is 41.3 Å². The Kier molecular flexibility index (Phi) is 4.11. The fourth-order valence-electron chi connectivity index (χ4n) is 4.18. The van der Waals surface area contributed by atoms with Gasteiger partial charge in [0.15, 0.2) is 5.65 Å². The van der Waals surface area contributed by atoms with E-state index in [2.05, 4.69) is 27.4 Å². The number of carbonyl (C=O) groups excluding carboxylic acids is 1. The summed E-state index contributed by atoms with van der Waals surface area (Å²) in [5.74, 6) is 1.50. The highest BCUT2D eigenvalue weighted by Crippen LogP contribution is 2.32. The third-order valence-corrected chi connectivity index (χ3v) is 5.71. The Hall–Kier alpha value is -3.15. The van der Waals surface area contributed by atoms with E-state index in [4.69, 9.17) is 0 Å². The van der Waals surface area contributed by atoms with Crippen molar-refractivity contribution in [3.63, 3.8) is 0 Å². The summed E-state index contributed by atoms with van der Waals surface area (Å²) in [5.41, 5.74) is 5.38. The number of H-pyrrole nitrogens is 1. The van der Waals surface area contributed by atoms with Gasteiger partial charge in [0.2, 0.25) is 0 Å². The molecule has 0 saturated carbocycles. The van der Waals surface area contributed by atoms with Crippen molar-refractivity contribution in [1.29, 1.82) is 0 Å². The summed E-state index contributed by atoms with van der Waals surface area (Å²) in [4.78, 5) is 16.2. The first-order chi connectivity index (χ1) is 13.7. The second kappa shape index (κ2) is 6.78. The van der Waals surface area contributed by atoms with Crippen LogP contribution in [0.3, 0.4) is 0 Å². The van der Waals surface area contributed by atoms with Crippen LogP contribution in [0.25, 0.3) is 16.6 Å². The van der Waals surface area contributed by atoms with Gasteiger partial charge in [-0.25, -0.2) is 0 Å². The SMILES string of the molecule is CC1CCc2[nH]c3ccc(C(=O)NCCc4nnc5ccccn45)cc3c2C1. The lowest BCUT2D eigenvalue weighted by molar-refractivity contribution is 0.0954. The normalized spacial score (nSPS) is 16.4. The molecule has 28 heavy (non-hydrogen) atoms. The lowest BCUT2D eigenvalue weighted by Gasteiger charge is -2.18. The predicted molar refractivity (Wildman–Crippen MR) is 109 cm³/mol. The van der Waals surface area contributed by atoms with Crippen LogP contribution in [0.4, 0.5) is 0 Å². The molecule has 6 heteroatoms. The molecule has 0 fully saturated rings. The molecule has 6 nitrogen and oxygen atoms in total. The quantitative estimate of drug-likeness (QED) is 0.576. The maximum absolute atomic E-state index is 12.7. The minimum absolute atomic E-state index is 0.0467. The maximum atomic E-state index is 12.7. The molecule has 1 aliphatic carbocycles. The number of hydrogen-bond donors (Lipinski definition) is 2. The number of aryl methyl sites for hydroxylation is 1. The molecule has 1 unspecified atom stereocenters. The minimum atomic E-state index is -0.0467. The number of aromatic nitrogens is 4. The first-order valence-corrected chi connectivity index (χ1v) is 9.89. The molecule has 1 atom stereocenters. The van der Waals surface area contributed by atoms with Crippen LogP contribution in [-0.2, 0) is 19.3 Å². The number of hydrogen-bond acceptors (Lipinski definition) is 3. The van der Waals surface area contributed by atoms with E-state index in [9.17, 15) is 4.79 Å². The van der Waals surface area contributed by atoms with E-state index in [1.807, 2.05) is 47.0 Å². The molecule has 0 saturated heterocycles. The first kappa shape index (κ1) is 17.0. The highest BCUT2D eigenvalue weighted by molar-refractivity contribution is 5.99. The van der Waals surface area contributed by atoms with E-state index >= 15 is 0 Å². The van der Waals surface area contributed by atoms with Crippen molar-refractivity contribution in [2.24, 2.45) is 5.92 Å². The van der Waals surface area contributed by atoms with Crippen molar-refractivity contribution < 1.29 is 4.79 Å². The Morgan fingerprint density at radius 1 is 1.29 bits per heavy atom. The molecular weight excluding hydrogens is 350 g/mol. The molecule has 2 N–H and O–H groups in total. The van der Waals surface area contributed by atoms with Gasteiger partial charge >= 0.3 is 0 Å². The number of carbonyl (C=O) groups is 1. The van der Waals surface area contributed by atoms with Crippen molar-refractivity contribution in [3.8, 4) is 0 Å². The van der Waals surface area contributed by atoms with Crippen LogP contribution in [-0.4, -0.2) is 32.0 Å². The fraction of sp³-hybridized carbons (Fsp3) is 0.318. The molecule has 3 aromatic heterocycles. The number of fused-ring (bicyclic) bond motifs is 4. The summed E-state index contributed by atoms with van der Waals surface area (Å²) >= 11 is 0. The number of aromatic amines is 1. The largest absolute Gasteiger partial charge is 0.358 e. The van der Waals surface area contributed by atoms with Gasteiger partial charge in [0.05, 0.1) is 0 Å². The topological polar surface area (TPSA) is 75.1 Å². The number of rotatable bonds is 4. The Bertz CT molecular complexity index is 1170. The van der Waals surface area contributed by atoms with E-state index in [1.165, 1.54) is 23.1 Å². The van der Waals surface area contributed by atoms with Gasteiger partial charge in [-0.1, -0.05) is 13.0 Å². The zero-order valence-corrected chi connectivity index (χ0v) is 15.9. The summed E-state index contributed by atoms with van der Waals surface area (Å²) in [6.45, 7) is 2.82. The minimum Gasteiger partial charge on any atom is -0.358 e. The Morgan fingerprint density at radius 2 is 2.21 bits per heavy atom. The summed E-state index contributed by atoms with van der Waals surface area (Å²) < 4.78 is 1.95. The predicted octanol–water partition coefficient (Wildman–Crippen LogP) is 3.31. The van der Waals surface area contributed by atoms with Crippen molar-refractivity contribution in [3.05, 3.63) is 65.2 Å². The van der Waals surface area contributed by atoms with E-state index in [0.717, 1.165) is 29.8 Å². The Balaban J connectivity index is 1.31. The fourth-order valence-corrected chi connectivity index (χ4v) is 4.18. The molecular formula is C22H23N5O. The third kappa shape index (κ3) is 2.95. The average molecular weight is 373 g/mol. The van der Waals surface area contributed by atoms with Crippen LogP contribution in [0.2, 0.25) is 0 Å². The second-order valence-electron chi connectivity index (χ2n) is 7.74. The monoisotopic (exact) mass is 373 g/mol. The summed E-state index contributed by atoms with van der Waals surface area (Å²) in [6, 6.07) is 11.8. The van der Waals surface area contributed by atoms with E-state index < -0.39 is 0 Å². The van der Waals surface area contributed by atoms with Gasteiger partial charge in [0.1, 0.15) is 5.82 Å². The lowest BCUT2D eigenvalue weighted by Crippen LogP contribution is -2.26. The maximum Gasteiger partial charge on any atom is 0.251 e. The lowest BCUT2D eigenvalue weighted by atomic mass is 9.87. The number of pyridine rings is 1. The first-order valence-electron chi connectivity index (χ1n) is 9.89. The van der Waals surface area contributed by atoms with Crippen LogP contribution in [0.1, 0.15) is 40.8 Å². The highest BCUT2D eigenvalue weighted by atomic mass is 16.1. The van der Waals surface area contributed by atoms with E-state index in [1.54, 1.807) is 0 Å². The molecule has 0 aliphatic heterocycles. The van der Waals surface area contributed by atoms with Gasteiger partial charge in [-0.3, -0.25) is 9.20 Å². The van der Waals surface area contributed by atoms with Crippen LogP contribution < -0.4 is 5.32 Å². The Labute approximate surface area is 163 Å².